The Morgan fingerprint density at radius 3 is 2.71 bits per heavy atom. The minimum absolute atomic E-state index is 0.128. The second kappa shape index (κ2) is 5.48. The van der Waals surface area contributed by atoms with Crippen LogP contribution < -0.4 is 10.9 Å². The largest absolute Gasteiger partial charge is 0.416 e. The Bertz CT molecular complexity index is 841. The zero-order valence-corrected chi connectivity index (χ0v) is 12.9. The van der Waals surface area contributed by atoms with Crippen molar-refractivity contribution in [3.63, 3.8) is 0 Å². The first kappa shape index (κ1) is 15.4. The first-order chi connectivity index (χ1) is 11.4. The Morgan fingerprint density at radius 2 is 1.92 bits per heavy atom. The molecule has 24 heavy (non-hydrogen) atoms. The van der Waals surface area contributed by atoms with Gasteiger partial charge < -0.3 is 9.88 Å². The summed E-state index contributed by atoms with van der Waals surface area (Å²) in [7, 11) is 0. The van der Waals surface area contributed by atoms with Crippen molar-refractivity contribution in [3.05, 3.63) is 58.0 Å². The molecule has 1 N–H and O–H groups in total. The molecule has 0 aliphatic carbocycles. The first-order valence-corrected chi connectivity index (χ1v) is 8.05. The van der Waals surface area contributed by atoms with Gasteiger partial charge in [-0.2, -0.15) is 13.2 Å². The van der Waals surface area contributed by atoms with Crippen molar-refractivity contribution in [2.75, 3.05) is 13.1 Å². The number of fused-ring (bicyclic) bond motifs is 4. The molecule has 2 aromatic rings. The highest BCUT2D eigenvalue weighted by Crippen LogP contribution is 2.35. The van der Waals surface area contributed by atoms with Crippen molar-refractivity contribution in [1.29, 1.82) is 0 Å². The smallest absolute Gasteiger partial charge is 0.316 e. The molecule has 0 spiro atoms. The molecule has 3 heterocycles. The van der Waals surface area contributed by atoms with Crippen LogP contribution in [0.25, 0.3) is 11.1 Å². The van der Waals surface area contributed by atoms with Gasteiger partial charge in [0.15, 0.2) is 0 Å². The molecule has 0 saturated carbocycles. The predicted octanol–water partition coefficient (Wildman–Crippen LogP) is 3.24. The predicted molar refractivity (Wildman–Crippen MR) is 84.9 cm³/mol. The molecule has 1 saturated heterocycles. The Hall–Kier alpha value is -2.08. The van der Waals surface area contributed by atoms with Gasteiger partial charge in [-0.15, -0.1) is 0 Å². The summed E-state index contributed by atoms with van der Waals surface area (Å²) in [6.07, 6.45) is -3.36. The van der Waals surface area contributed by atoms with Gasteiger partial charge >= 0.3 is 6.18 Å². The zero-order chi connectivity index (χ0) is 16.9. The monoisotopic (exact) mass is 334 g/mol. The zero-order valence-electron chi connectivity index (χ0n) is 12.9. The van der Waals surface area contributed by atoms with Gasteiger partial charge in [-0.1, -0.05) is 12.1 Å². The van der Waals surface area contributed by atoms with Gasteiger partial charge in [0.1, 0.15) is 0 Å². The van der Waals surface area contributed by atoms with E-state index in [9.17, 15) is 18.0 Å². The van der Waals surface area contributed by atoms with E-state index in [1.54, 1.807) is 10.6 Å². The molecule has 2 bridgehead atoms. The molecular formula is C18H17F3N2O. The van der Waals surface area contributed by atoms with Crippen molar-refractivity contribution >= 4 is 0 Å². The number of piperidine rings is 1. The van der Waals surface area contributed by atoms with Gasteiger partial charge in [0.25, 0.3) is 5.56 Å². The molecular weight excluding hydrogens is 317 g/mol. The quantitative estimate of drug-likeness (QED) is 0.869. The van der Waals surface area contributed by atoms with E-state index in [-0.39, 0.29) is 11.5 Å². The molecule has 2 aliphatic rings. The summed E-state index contributed by atoms with van der Waals surface area (Å²) in [6.45, 7) is 2.40. The summed E-state index contributed by atoms with van der Waals surface area (Å²) in [5, 5.41) is 3.37. The third-order valence-corrected chi connectivity index (χ3v) is 4.98. The highest BCUT2D eigenvalue weighted by atomic mass is 19.4. The third kappa shape index (κ3) is 2.65. The van der Waals surface area contributed by atoms with E-state index in [4.69, 9.17) is 0 Å². The van der Waals surface area contributed by atoms with Crippen LogP contribution in [0.5, 0.6) is 0 Å². The molecule has 1 aromatic carbocycles. The molecule has 2 aliphatic heterocycles. The molecule has 1 aromatic heterocycles. The Kier molecular flexibility index (Phi) is 3.53. The van der Waals surface area contributed by atoms with E-state index in [0.29, 0.717) is 23.6 Å². The molecule has 1 fully saturated rings. The van der Waals surface area contributed by atoms with Crippen molar-refractivity contribution in [2.45, 2.75) is 25.1 Å². The number of benzene rings is 1. The fraction of sp³-hybridized carbons (Fsp3) is 0.389. The maximum absolute atomic E-state index is 12.9. The Balaban J connectivity index is 1.81. The van der Waals surface area contributed by atoms with E-state index in [2.05, 4.69) is 5.32 Å². The lowest BCUT2D eigenvalue weighted by molar-refractivity contribution is -0.137. The van der Waals surface area contributed by atoms with Gasteiger partial charge in [-0.05, 0) is 48.2 Å². The fourth-order valence-corrected chi connectivity index (χ4v) is 3.85. The number of alkyl halides is 3. The van der Waals surface area contributed by atoms with Crippen LogP contribution in [0.1, 0.15) is 23.6 Å². The highest BCUT2D eigenvalue weighted by molar-refractivity contribution is 5.64. The van der Waals surface area contributed by atoms with E-state index in [1.807, 2.05) is 6.07 Å². The van der Waals surface area contributed by atoms with Crippen LogP contribution in [0.3, 0.4) is 0 Å². The van der Waals surface area contributed by atoms with Crippen molar-refractivity contribution in [3.8, 4) is 11.1 Å². The molecule has 126 valence electrons. The maximum atomic E-state index is 12.9. The third-order valence-electron chi connectivity index (χ3n) is 4.98. The summed E-state index contributed by atoms with van der Waals surface area (Å²) in [5.41, 5.74) is 1.09. The number of nitrogens with one attached hydrogen (secondary N) is 1. The minimum Gasteiger partial charge on any atom is -0.316 e. The normalized spacial score (nSPS) is 23.0. The summed E-state index contributed by atoms with van der Waals surface area (Å²) in [4.78, 5) is 12.5. The lowest BCUT2D eigenvalue weighted by Gasteiger charge is -2.37. The number of rotatable bonds is 1. The van der Waals surface area contributed by atoms with Crippen molar-refractivity contribution < 1.29 is 13.2 Å². The summed E-state index contributed by atoms with van der Waals surface area (Å²) in [5.74, 6) is 0.698. The second-order valence-corrected chi connectivity index (χ2v) is 6.65. The summed E-state index contributed by atoms with van der Waals surface area (Å²) >= 11 is 0. The van der Waals surface area contributed by atoms with Gasteiger partial charge in [-0.25, -0.2) is 0 Å². The van der Waals surface area contributed by atoms with Gasteiger partial charge in [-0.3, -0.25) is 4.79 Å². The molecule has 3 nitrogen and oxygen atoms in total. The van der Waals surface area contributed by atoms with E-state index in [0.717, 1.165) is 37.3 Å². The van der Waals surface area contributed by atoms with Gasteiger partial charge in [0, 0.05) is 30.8 Å². The lowest BCUT2D eigenvalue weighted by atomic mass is 9.83. The SMILES string of the molecule is O=c1cc(-c2cccc(C(F)(F)F)c2)cc2n1C[C@@H]1CNC[C@H]2C1. The number of hydrogen-bond acceptors (Lipinski definition) is 2. The van der Waals surface area contributed by atoms with E-state index < -0.39 is 11.7 Å². The number of halogens is 3. The molecule has 4 rings (SSSR count). The number of hydrogen-bond donors (Lipinski definition) is 1. The number of pyridine rings is 1. The van der Waals surface area contributed by atoms with E-state index in [1.165, 1.54) is 12.1 Å². The van der Waals surface area contributed by atoms with Gasteiger partial charge in [0.2, 0.25) is 0 Å². The van der Waals surface area contributed by atoms with Crippen LogP contribution in [0.2, 0.25) is 0 Å². The molecule has 6 heteroatoms. The first-order valence-electron chi connectivity index (χ1n) is 8.05. The average Bonchev–Trinajstić information content (AvgIpc) is 2.55. The van der Waals surface area contributed by atoms with Gasteiger partial charge in [0.05, 0.1) is 5.56 Å². The Labute approximate surface area is 137 Å². The van der Waals surface area contributed by atoms with Crippen LogP contribution in [-0.4, -0.2) is 17.7 Å². The summed E-state index contributed by atoms with van der Waals surface area (Å²) < 4.78 is 40.6. The maximum Gasteiger partial charge on any atom is 0.416 e. The van der Waals surface area contributed by atoms with Crippen LogP contribution in [-0.2, 0) is 12.7 Å². The highest BCUT2D eigenvalue weighted by Gasteiger charge is 2.32. The van der Waals surface area contributed by atoms with Crippen LogP contribution >= 0.6 is 0 Å². The number of nitrogens with zero attached hydrogens (tertiary/aromatic N) is 1. The lowest BCUT2D eigenvalue weighted by Crippen LogP contribution is -2.44. The molecule has 2 atom stereocenters. The fourth-order valence-electron chi connectivity index (χ4n) is 3.85. The van der Waals surface area contributed by atoms with Crippen LogP contribution in [0.4, 0.5) is 13.2 Å². The van der Waals surface area contributed by atoms with Crippen LogP contribution in [0.15, 0.2) is 41.2 Å². The average molecular weight is 334 g/mol. The van der Waals surface area contributed by atoms with Crippen molar-refractivity contribution in [2.24, 2.45) is 5.92 Å². The minimum atomic E-state index is -4.39. The van der Waals surface area contributed by atoms with Crippen molar-refractivity contribution in [1.82, 2.24) is 9.88 Å². The summed E-state index contributed by atoms with van der Waals surface area (Å²) in [6, 6.07) is 8.48. The standard InChI is InChI=1S/C18H17F3N2O/c19-18(20,21)15-3-1-2-12(5-15)13-6-16-14-4-11(8-22-9-14)10-23(16)17(24)7-13/h1-3,5-7,11,14,22H,4,8-10H2/t11-,14+/m0/s1. The van der Waals surface area contributed by atoms with E-state index >= 15 is 0 Å². The molecule has 0 amide bonds. The topological polar surface area (TPSA) is 34.0 Å². The second-order valence-electron chi connectivity index (χ2n) is 6.65. The number of aromatic nitrogens is 1. The molecule has 0 unspecified atom stereocenters. The van der Waals surface area contributed by atoms with Crippen LogP contribution in [0, 0.1) is 5.92 Å². The Morgan fingerprint density at radius 1 is 1.08 bits per heavy atom. The molecule has 0 radical (unpaired) electrons.